The molecule has 0 radical (unpaired) electrons. The molecule has 0 spiro atoms. The lowest BCUT2D eigenvalue weighted by molar-refractivity contribution is -0.123. The first-order valence-corrected chi connectivity index (χ1v) is 6.01. The molecule has 0 fully saturated rings. The Morgan fingerprint density at radius 3 is 2.78 bits per heavy atom. The fraction of sp³-hybridized carbons (Fsp3) is 0.615. The van der Waals surface area contributed by atoms with Crippen LogP contribution in [0.1, 0.15) is 32.6 Å². The van der Waals surface area contributed by atoms with E-state index >= 15 is 0 Å². The first-order chi connectivity index (χ1) is 8.28. The zero-order valence-corrected chi connectivity index (χ0v) is 11.4. The second kappa shape index (κ2) is 6.02. The molecule has 0 saturated heterocycles. The topological polar surface area (TPSA) is 65.7 Å². The molecule has 0 bridgehead atoms. The van der Waals surface area contributed by atoms with Crippen LogP contribution in [0.4, 0.5) is 0 Å². The molecule has 1 heterocycles. The van der Waals surface area contributed by atoms with Gasteiger partial charge < -0.3 is 14.8 Å². The molecule has 5 heteroatoms. The number of nitrogens with one attached hydrogen (secondary N) is 1. The lowest BCUT2D eigenvalue weighted by Crippen LogP contribution is -2.42. The van der Waals surface area contributed by atoms with Crippen LogP contribution in [0.15, 0.2) is 22.8 Å². The number of furan rings is 1. The largest absolute Gasteiger partial charge is 0.467 e. The Balaban J connectivity index is 2.38. The predicted octanol–water partition coefficient (Wildman–Crippen LogP) is 1.16. The second-order valence-electron chi connectivity index (χ2n) is 5.29. The summed E-state index contributed by atoms with van der Waals surface area (Å²) >= 11 is 0. The third-order valence-electron chi connectivity index (χ3n) is 2.42. The van der Waals surface area contributed by atoms with Gasteiger partial charge in [-0.3, -0.25) is 9.69 Å². The van der Waals surface area contributed by atoms with Crippen LogP contribution in [0.2, 0.25) is 0 Å². The van der Waals surface area contributed by atoms with E-state index in [1.54, 1.807) is 38.1 Å². The molecule has 1 unspecified atom stereocenters. The van der Waals surface area contributed by atoms with Gasteiger partial charge in [0.2, 0.25) is 5.91 Å². The number of likely N-dealkylation sites (N-methyl/N-ethyl adjacent to an activating group) is 1. The summed E-state index contributed by atoms with van der Waals surface area (Å²) in [7, 11) is 1.80. The second-order valence-corrected chi connectivity index (χ2v) is 5.29. The molecule has 1 rings (SSSR count). The summed E-state index contributed by atoms with van der Waals surface area (Å²) in [6.07, 6.45) is 1.58. The summed E-state index contributed by atoms with van der Waals surface area (Å²) in [6.45, 7) is 5.98. The van der Waals surface area contributed by atoms with Gasteiger partial charge in [-0.05, 0) is 40.0 Å². The summed E-state index contributed by atoms with van der Waals surface area (Å²) in [4.78, 5) is 13.6. The van der Waals surface area contributed by atoms with Crippen LogP contribution in [0, 0.1) is 0 Å². The standard InChI is InChI=1S/C13H22N2O3/c1-10(11-6-5-7-18-11)14-12(16)8-15(4)9-13(2,3)17/h5-7,10,17H,8-9H2,1-4H3,(H,14,16). The molecule has 1 aromatic rings. The van der Waals surface area contributed by atoms with Crippen LogP contribution in [0.25, 0.3) is 0 Å². The maximum absolute atomic E-state index is 11.8. The van der Waals surface area contributed by atoms with Crippen molar-refractivity contribution in [3.8, 4) is 0 Å². The van der Waals surface area contributed by atoms with Gasteiger partial charge in [0.05, 0.1) is 24.5 Å². The third kappa shape index (κ3) is 5.33. The highest BCUT2D eigenvalue weighted by molar-refractivity contribution is 5.78. The van der Waals surface area contributed by atoms with Crippen LogP contribution in [-0.4, -0.2) is 41.7 Å². The smallest absolute Gasteiger partial charge is 0.234 e. The molecule has 5 nitrogen and oxygen atoms in total. The Morgan fingerprint density at radius 2 is 2.28 bits per heavy atom. The summed E-state index contributed by atoms with van der Waals surface area (Å²) in [5.41, 5.74) is -0.804. The van der Waals surface area contributed by atoms with Crippen LogP contribution in [-0.2, 0) is 4.79 Å². The lowest BCUT2D eigenvalue weighted by Gasteiger charge is -2.25. The van der Waals surface area contributed by atoms with Crippen molar-refractivity contribution in [2.45, 2.75) is 32.4 Å². The SMILES string of the molecule is CC(NC(=O)CN(C)CC(C)(C)O)c1ccco1. The van der Waals surface area contributed by atoms with Crippen molar-refractivity contribution in [2.75, 3.05) is 20.1 Å². The molecule has 102 valence electrons. The Kier molecular flexibility index (Phi) is 4.93. The maximum atomic E-state index is 11.8. The molecule has 0 aliphatic heterocycles. The Bertz CT molecular complexity index is 368. The predicted molar refractivity (Wildman–Crippen MR) is 69.1 cm³/mol. The van der Waals surface area contributed by atoms with Crippen molar-refractivity contribution >= 4 is 5.91 Å². The highest BCUT2D eigenvalue weighted by atomic mass is 16.3. The van der Waals surface area contributed by atoms with Crippen molar-refractivity contribution in [2.24, 2.45) is 0 Å². The van der Waals surface area contributed by atoms with Crippen molar-refractivity contribution < 1.29 is 14.3 Å². The molecular weight excluding hydrogens is 232 g/mol. The average molecular weight is 254 g/mol. The number of hydrogen-bond donors (Lipinski definition) is 2. The Hall–Kier alpha value is -1.33. The number of carbonyl (C=O) groups excluding carboxylic acids is 1. The van der Waals surface area contributed by atoms with Crippen molar-refractivity contribution in [3.63, 3.8) is 0 Å². The minimum absolute atomic E-state index is 0.0920. The van der Waals surface area contributed by atoms with Gasteiger partial charge in [0.1, 0.15) is 5.76 Å². The van der Waals surface area contributed by atoms with Crippen LogP contribution < -0.4 is 5.32 Å². The highest BCUT2D eigenvalue weighted by Gasteiger charge is 2.18. The van der Waals surface area contributed by atoms with E-state index in [1.807, 2.05) is 13.0 Å². The number of aliphatic hydroxyl groups is 1. The van der Waals surface area contributed by atoms with Crippen molar-refractivity contribution in [1.82, 2.24) is 10.2 Å². The summed E-state index contributed by atoms with van der Waals surface area (Å²) < 4.78 is 5.21. The number of amides is 1. The number of rotatable bonds is 6. The van der Waals surface area contributed by atoms with E-state index < -0.39 is 5.60 Å². The Morgan fingerprint density at radius 1 is 1.61 bits per heavy atom. The number of hydrogen-bond acceptors (Lipinski definition) is 4. The highest BCUT2D eigenvalue weighted by Crippen LogP contribution is 2.12. The van der Waals surface area contributed by atoms with Gasteiger partial charge in [0.15, 0.2) is 0 Å². The molecule has 1 atom stereocenters. The molecule has 0 saturated carbocycles. The lowest BCUT2D eigenvalue weighted by atomic mass is 10.1. The third-order valence-corrected chi connectivity index (χ3v) is 2.42. The monoisotopic (exact) mass is 254 g/mol. The van der Waals surface area contributed by atoms with E-state index in [0.29, 0.717) is 6.54 Å². The van der Waals surface area contributed by atoms with Crippen LogP contribution >= 0.6 is 0 Å². The van der Waals surface area contributed by atoms with E-state index in [9.17, 15) is 9.90 Å². The van der Waals surface area contributed by atoms with E-state index in [0.717, 1.165) is 5.76 Å². The fourth-order valence-electron chi connectivity index (χ4n) is 1.86. The zero-order valence-electron chi connectivity index (χ0n) is 11.4. The van der Waals surface area contributed by atoms with Gasteiger partial charge in [-0.15, -0.1) is 0 Å². The normalized spacial score (nSPS) is 13.7. The first-order valence-electron chi connectivity index (χ1n) is 6.01. The zero-order chi connectivity index (χ0) is 13.8. The van der Waals surface area contributed by atoms with Gasteiger partial charge in [-0.25, -0.2) is 0 Å². The number of nitrogens with zero attached hydrogens (tertiary/aromatic N) is 1. The van der Waals surface area contributed by atoms with Gasteiger partial charge in [-0.2, -0.15) is 0 Å². The van der Waals surface area contributed by atoms with E-state index in [2.05, 4.69) is 5.32 Å². The quantitative estimate of drug-likeness (QED) is 0.799. The van der Waals surface area contributed by atoms with Crippen molar-refractivity contribution in [3.05, 3.63) is 24.2 Å². The van der Waals surface area contributed by atoms with Crippen molar-refractivity contribution in [1.29, 1.82) is 0 Å². The van der Waals surface area contributed by atoms with Gasteiger partial charge >= 0.3 is 0 Å². The van der Waals surface area contributed by atoms with Gasteiger partial charge in [0.25, 0.3) is 0 Å². The van der Waals surface area contributed by atoms with E-state index in [1.165, 1.54) is 0 Å². The number of carbonyl (C=O) groups is 1. The molecule has 1 amide bonds. The molecular formula is C13H22N2O3. The molecule has 0 aromatic carbocycles. The minimum atomic E-state index is -0.804. The molecule has 1 aromatic heterocycles. The summed E-state index contributed by atoms with van der Waals surface area (Å²) in [5, 5.41) is 12.5. The van der Waals surface area contributed by atoms with E-state index in [4.69, 9.17) is 4.42 Å². The van der Waals surface area contributed by atoms with Gasteiger partial charge in [0, 0.05) is 6.54 Å². The minimum Gasteiger partial charge on any atom is -0.467 e. The molecule has 0 aliphatic rings. The van der Waals surface area contributed by atoms with Crippen LogP contribution in [0.5, 0.6) is 0 Å². The average Bonchev–Trinajstić information content (AvgIpc) is 2.65. The molecule has 2 N–H and O–H groups in total. The maximum Gasteiger partial charge on any atom is 0.234 e. The summed E-state index contributed by atoms with van der Waals surface area (Å²) in [5.74, 6) is 0.638. The summed E-state index contributed by atoms with van der Waals surface area (Å²) in [6, 6.07) is 3.47. The first kappa shape index (κ1) is 14.7. The fourth-order valence-corrected chi connectivity index (χ4v) is 1.86. The van der Waals surface area contributed by atoms with Gasteiger partial charge in [-0.1, -0.05) is 0 Å². The molecule has 0 aliphatic carbocycles. The van der Waals surface area contributed by atoms with E-state index in [-0.39, 0.29) is 18.5 Å². The Labute approximate surface area is 108 Å². The van der Waals surface area contributed by atoms with Crippen LogP contribution in [0.3, 0.4) is 0 Å². The molecule has 18 heavy (non-hydrogen) atoms.